The number of thiazole rings is 1. The van der Waals surface area contributed by atoms with Gasteiger partial charge in [-0.3, -0.25) is 0 Å². The Morgan fingerprint density at radius 3 is 2.76 bits per heavy atom. The summed E-state index contributed by atoms with van der Waals surface area (Å²) in [7, 11) is 0. The minimum absolute atomic E-state index is 0.648. The highest BCUT2D eigenvalue weighted by Crippen LogP contribution is 2.19. The molecule has 0 atom stereocenters. The molecular weight excluding hydrogens is 336 g/mol. The van der Waals surface area contributed by atoms with Crippen LogP contribution in [-0.2, 0) is 13.1 Å². The van der Waals surface area contributed by atoms with Crippen LogP contribution in [0.25, 0.3) is 16.6 Å². The third-order valence-corrected chi connectivity index (χ3v) is 4.32. The lowest BCUT2D eigenvalue weighted by atomic mass is 10.2. The summed E-state index contributed by atoms with van der Waals surface area (Å²) in [4.78, 5) is 21.4. The molecule has 25 heavy (non-hydrogen) atoms. The van der Waals surface area contributed by atoms with Gasteiger partial charge in [0, 0.05) is 42.6 Å². The van der Waals surface area contributed by atoms with E-state index in [1.807, 2.05) is 17.5 Å². The molecule has 0 radical (unpaired) electrons. The average Bonchev–Trinajstić information content (AvgIpc) is 3.35. The van der Waals surface area contributed by atoms with E-state index in [0.717, 1.165) is 22.1 Å². The predicted octanol–water partition coefficient (Wildman–Crippen LogP) is 1.87. The zero-order chi connectivity index (χ0) is 16.9. The summed E-state index contributed by atoms with van der Waals surface area (Å²) in [5.74, 6) is 1.42. The Labute approximate surface area is 147 Å². The van der Waals surface area contributed by atoms with Crippen molar-refractivity contribution in [2.75, 3.05) is 0 Å². The molecule has 0 aliphatic heterocycles. The molecule has 0 amide bonds. The topological polar surface area (TPSA) is 94.3 Å². The molecule has 9 heteroatoms. The molecule has 0 saturated heterocycles. The van der Waals surface area contributed by atoms with Crippen molar-refractivity contribution < 1.29 is 0 Å². The maximum Gasteiger partial charge on any atom is 0.188 e. The van der Waals surface area contributed by atoms with Gasteiger partial charge in [0.2, 0.25) is 0 Å². The third kappa shape index (κ3) is 3.57. The van der Waals surface area contributed by atoms with Crippen molar-refractivity contribution in [1.82, 2.24) is 40.0 Å². The van der Waals surface area contributed by atoms with E-state index < -0.39 is 0 Å². The van der Waals surface area contributed by atoms with E-state index in [1.165, 1.54) is 17.7 Å². The molecule has 0 aliphatic carbocycles. The van der Waals surface area contributed by atoms with Crippen molar-refractivity contribution in [2.24, 2.45) is 0 Å². The Kier molecular flexibility index (Phi) is 4.49. The first kappa shape index (κ1) is 15.5. The maximum absolute atomic E-state index is 4.57. The molecule has 0 fully saturated rings. The molecule has 0 aromatic carbocycles. The Bertz CT molecular complexity index is 936. The van der Waals surface area contributed by atoms with Gasteiger partial charge in [-0.1, -0.05) is 6.07 Å². The molecule has 0 saturated carbocycles. The molecule has 4 rings (SSSR count). The zero-order valence-corrected chi connectivity index (χ0v) is 14.0. The lowest BCUT2D eigenvalue weighted by Crippen LogP contribution is -2.15. The van der Waals surface area contributed by atoms with E-state index in [1.54, 1.807) is 35.7 Å². The highest BCUT2D eigenvalue weighted by Gasteiger charge is 2.08. The number of hydrogen-bond acceptors (Lipinski definition) is 8. The number of rotatable bonds is 6. The van der Waals surface area contributed by atoms with Crippen LogP contribution in [0.4, 0.5) is 0 Å². The Balaban J connectivity index is 1.42. The van der Waals surface area contributed by atoms with Gasteiger partial charge < -0.3 is 5.32 Å². The lowest BCUT2D eigenvalue weighted by Gasteiger charge is -2.08. The molecular formula is C16H14N8S. The predicted molar refractivity (Wildman–Crippen MR) is 92.8 cm³/mol. The Hall–Kier alpha value is -3.04. The second-order valence-corrected chi connectivity index (χ2v) is 6.00. The highest BCUT2D eigenvalue weighted by atomic mass is 32.1. The van der Waals surface area contributed by atoms with Gasteiger partial charge >= 0.3 is 0 Å². The zero-order valence-electron chi connectivity index (χ0n) is 13.1. The van der Waals surface area contributed by atoms with Crippen molar-refractivity contribution >= 4 is 11.3 Å². The molecule has 0 bridgehead atoms. The standard InChI is InChI=1S/C16H14N8S/c1-3-12(15(21-4-1)24-11-18-10-22-24)7-17-8-13-9-25-16(23-13)14-19-5-2-6-20-14/h1-6,9-11,17H,7-8H2. The first-order valence-electron chi connectivity index (χ1n) is 7.61. The van der Waals surface area contributed by atoms with Gasteiger partial charge in [0.25, 0.3) is 0 Å². The number of nitrogens with zero attached hydrogens (tertiary/aromatic N) is 7. The fraction of sp³-hybridized carbons (Fsp3) is 0.125. The normalized spacial score (nSPS) is 10.9. The van der Waals surface area contributed by atoms with Crippen molar-refractivity contribution in [1.29, 1.82) is 0 Å². The van der Waals surface area contributed by atoms with E-state index in [9.17, 15) is 0 Å². The van der Waals surface area contributed by atoms with E-state index in [0.29, 0.717) is 18.9 Å². The molecule has 0 aliphatic rings. The maximum atomic E-state index is 4.57. The van der Waals surface area contributed by atoms with Gasteiger partial charge in [-0.05, 0) is 12.1 Å². The monoisotopic (exact) mass is 350 g/mol. The van der Waals surface area contributed by atoms with Crippen LogP contribution in [0.2, 0.25) is 0 Å². The van der Waals surface area contributed by atoms with E-state index >= 15 is 0 Å². The Morgan fingerprint density at radius 1 is 1.04 bits per heavy atom. The quantitative estimate of drug-likeness (QED) is 0.567. The number of pyridine rings is 1. The molecule has 4 aromatic heterocycles. The van der Waals surface area contributed by atoms with Crippen LogP contribution in [0, 0.1) is 0 Å². The van der Waals surface area contributed by atoms with Crippen molar-refractivity contribution in [3.8, 4) is 16.6 Å². The second kappa shape index (κ2) is 7.24. The number of aromatic nitrogens is 7. The third-order valence-electron chi connectivity index (χ3n) is 3.43. The first-order chi connectivity index (χ1) is 12.4. The molecule has 8 nitrogen and oxygen atoms in total. The van der Waals surface area contributed by atoms with Crippen LogP contribution in [0.3, 0.4) is 0 Å². The molecule has 124 valence electrons. The summed E-state index contributed by atoms with van der Waals surface area (Å²) in [5, 5.41) is 10.4. The summed E-state index contributed by atoms with van der Waals surface area (Å²) in [5.41, 5.74) is 1.99. The van der Waals surface area contributed by atoms with Crippen LogP contribution in [0.5, 0.6) is 0 Å². The first-order valence-corrected chi connectivity index (χ1v) is 8.49. The lowest BCUT2D eigenvalue weighted by molar-refractivity contribution is 0.672. The fourth-order valence-corrected chi connectivity index (χ4v) is 3.08. The molecule has 4 heterocycles. The molecule has 0 spiro atoms. The minimum atomic E-state index is 0.648. The molecule has 1 N–H and O–H groups in total. The summed E-state index contributed by atoms with van der Waals surface area (Å²) in [6.45, 7) is 1.30. The van der Waals surface area contributed by atoms with Crippen LogP contribution in [-0.4, -0.2) is 34.7 Å². The number of nitrogens with one attached hydrogen (secondary N) is 1. The van der Waals surface area contributed by atoms with E-state index in [-0.39, 0.29) is 0 Å². The Morgan fingerprint density at radius 2 is 1.92 bits per heavy atom. The van der Waals surface area contributed by atoms with Gasteiger partial charge in [0.1, 0.15) is 12.7 Å². The van der Waals surface area contributed by atoms with Gasteiger partial charge in [-0.2, -0.15) is 5.10 Å². The average molecular weight is 350 g/mol. The van der Waals surface area contributed by atoms with E-state index in [4.69, 9.17) is 0 Å². The molecule has 4 aromatic rings. The minimum Gasteiger partial charge on any atom is -0.307 e. The van der Waals surface area contributed by atoms with Gasteiger partial charge in [0.05, 0.1) is 5.69 Å². The largest absolute Gasteiger partial charge is 0.307 e. The SMILES string of the molecule is c1cnc(-c2nc(CNCc3cccnc3-n3cncn3)cs2)nc1. The van der Waals surface area contributed by atoms with Crippen LogP contribution < -0.4 is 5.32 Å². The molecule has 0 unspecified atom stereocenters. The van der Waals surface area contributed by atoms with E-state index in [2.05, 4.69) is 35.3 Å². The smallest absolute Gasteiger partial charge is 0.188 e. The van der Waals surface area contributed by atoms with Crippen molar-refractivity contribution in [3.05, 3.63) is 66.1 Å². The van der Waals surface area contributed by atoms with Gasteiger partial charge in [-0.15, -0.1) is 11.3 Å². The number of hydrogen-bond donors (Lipinski definition) is 1. The highest BCUT2D eigenvalue weighted by molar-refractivity contribution is 7.13. The summed E-state index contributed by atoms with van der Waals surface area (Å²) >= 11 is 1.54. The fourth-order valence-electron chi connectivity index (χ4n) is 2.32. The van der Waals surface area contributed by atoms with Gasteiger partial charge in [-0.25, -0.2) is 29.6 Å². The summed E-state index contributed by atoms with van der Waals surface area (Å²) in [6, 6.07) is 5.71. The summed E-state index contributed by atoms with van der Waals surface area (Å²) in [6.07, 6.45) is 8.31. The van der Waals surface area contributed by atoms with Gasteiger partial charge in [0.15, 0.2) is 16.6 Å². The van der Waals surface area contributed by atoms with Crippen LogP contribution in [0.1, 0.15) is 11.3 Å². The van der Waals surface area contributed by atoms with Crippen molar-refractivity contribution in [2.45, 2.75) is 13.1 Å². The van der Waals surface area contributed by atoms with Crippen molar-refractivity contribution in [3.63, 3.8) is 0 Å². The van der Waals surface area contributed by atoms with Crippen LogP contribution >= 0.6 is 11.3 Å². The summed E-state index contributed by atoms with van der Waals surface area (Å²) < 4.78 is 1.66. The van der Waals surface area contributed by atoms with Crippen LogP contribution in [0.15, 0.2) is 54.8 Å². The second-order valence-electron chi connectivity index (χ2n) is 5.15.